The van der Waals surface area contributed by atoms with E-state index in [1.807, 2.05) is 24.3 Å². The quantitative estimate of drug-likeness (QED) is 0.0925. The summed E-state index contributed by atoms with van der Waals surface area (Å²) in [5.74, 6) is 2.60. The third-order valence-corrected chi connectivity index (χ3v) is 7.23. The highest BCUT2D eigenvalue weighted by Gasteiger charge is 2.10. The lowest BCUT2D eigenvalue weighted by molar-refractivity contribution is 0.0734. The maximum absolute atomic E-state index is 12.5. The first-order chi connectivity index (χ1) is 18.5. The standard InChI is InChI=1S/C34H52O4/c1-5-7-8-15-18-29(4)37-32-21-19-30(20-22-32)34(35)38-33-25-23-31(24-26-33)36-27-16-13-11-9-10-12-14-17-28(3)6-2/h19-26,28-29H,5-18,27H2,1-4H3/t28-,29+/m0/s1. The van der Waals surface area contributed by atoms with E-state index in [4.69, 9.17) is 14.2 Å². The zero-order valence-corrected chi connectivity index (χ0v) is 24.5. The molecule has 4 nitrogen and oxygen atoms in total. The molecule has 0 aliphatic rings. The van der Waals surface area contributed by atoms with Crippen LogP contribution in [0.4, 0.5) is 0 Å². The van der Waals surface area contributed by atoms with Crippen LogP contribution in [0, 0.1) is 5.92 Å². The molecule has 0 fully saturated rings. The van der Waals surface area contributed by atoms with Crippen LogP contribution in [-0.4, -0.2) is 18.7 Å². The topological polar surface area (TPSA) is 44.8 Å². The minimum absolute atomic E-state index is 0.166. The van der Waals surface area contributed by atoms with Crippen molar-refractivity contribution in [2.45, 2.75) is 124 Å². The number of hydrogen-bond acceptors (Lipinski definition) is 4. The molecule has 4 heteroatoms. The van der Waals surface area contributed by atoms with Gasteiger partial charge in [0.05, 0.1) is 18.3 Å². The summed E-state index contributed by atoms with van der Waals surface area (Å²) in [7, 11) is 0. The van der Waals surface area contributed by atoms with Crippen LogP contribution >= 0.6 is 0 Å². The van der Waals surface area contributed by atoms with E-state index >= 15 is 0 Å². The molecule has 0 spiro atoms. The van der Waals surface area contributed by atoms with Crippen molar-refractivity contribution in [1.82, 2.24) is 0 Å². The highest BCUT2D eigenvalue weighted by Crippen LogP contribution is 2.21. The second-order valence-corrected chi connectivity index (χ2v) is 10.8. The summed E-state index contributed by atoms with van der Waals surface area (Å²) in [5, 5.41) is 0. The average Bonchev–Trinajstić information content (AvgIpc) is 2.93. The normalized spacial score (nSPS) is 12.6. The van der Waals surface area contributed by atoms with Gasteiger partial charge in [-0.2, -0.15) is 0 Å². The second kappa shape index (κ2) is 19.6. The zero-order valence-electron chi connectivity index (χ0n) is 24.5. The molecule has 0 aliphatic heterocycles. The number of unbranched alkanes of at least 4 members (excludes halogenated alkanes) is 9. The van der Waals surface area contributed by atoms with Crippen molar-refractivity contribution >= 4 is 5.97 Å². The van der Waals surface area contributed by atoms with E-state index in [-0.39, 0.29) is 12.1 Å². The van der Waals surface area contributed by atoms with Crippen molar-refractivity contribution < 1.29 is 19.0 Å². The van der Waals surface area contributed by atoms with E-state index in [0.29, 0.717) is 11.3 Å². The molecule has 0 radical (unpaired) electrons. The predicted octanol–water partition coefficient (Wildman–Crippen LogP) is 10.2. The number of carbonyl (C=O) groups is 1. The van der Waals surface area contributed by atoms with Gasteiger partial charge in [-0.05, 0) is 80.6 Å². The highest BCUT2D eigenvalue weighted by atomic mass is 16.5. The fraction of sp³-hybridized carbons (Fsp3) is 0.618. The smallest absolute Gasteiger partial charge is 0.343 e. The molecule has 0 N–H and O–H groups in total. The van der Waals surface area contributed by atoms with E-state index in [1.165, 1.54) is 77.0 Å². The molecular formula is C34H52O4. The molecule has 2 aromatic carbocycles. The Morgan fingerprint density at radius 1 is 0.658 bits per heavy atom. The van der Waals surface area contributed by atoms with Crippen LogP contribution in [-0.2, 0) is 0 Å². The molecular weight excluding hydrogens is 472 g/mol. The maximum Gasteiger partial charge on any atom is 0.343 e. The molecule has 2 rings (SSSR count). The molecule has 0 amide bonds. The summed E-state index contributed by atoms with van der Waals surface area (Å²) in [5.41, 5.74) is 0.504. The summed E-state index contributed by atoms with van der Waals surface area (Å²) < 4.78 is 17.4. The van der Waals surface area contributed by atoms with Crippen molar-refractivity contribution in [2.75, 3.05) is 6.61 Å². The Balaban J connectivity index is 1.60. The molecule has 2 atom stereocenters. The molecule has 0 heterocycles. The number of benzene rings is 2. The van der Waals surface area contributed by atoms with Gasteiger partial charge in [0.2, 0.25) is 0 Å². The Morgan fingerprint density at radius 3 is 1.87 bits per heavy atom. The van der Waals surface area contributed by atoms with Crippen molar-refractivity contribution in [3.8, 4) is 17.2 Å². The summed E-state index contributed by atoms with van der Waals surface area (Å²) in [6, 6.07) is 14.5. The Kier molecular flexibility index (Phi) is 16.3. The summed E-state index contributed by atoms with van der Waals surface area (Å²) in [6.45, 7) is 9.67. The van der Waals surface area contributed by atoms with Crippen LogP contribution in [0.2, 0.25) is 0 Å². The predicted molar refractivity (Wildman–Crippen MR) is 159 cm³/mol. The van der Waals surface area contributed by atoms with Crippen LogP contribution in [0.5, 0.6) is 17.2 Å². The average molecular weight is 525 g/mol. The second-order valence-electron chi connectivity index (χ2n) is 10.8. The van der Waals surface area contributed by atoms with Gasteiger partial charge < -0.3 is 14.2 Å². The number of ether oxygens (including phenoxy) is 3. The van der Waals surface area contributed by atoms with E-state index in [2.05, 4.69) is 27.7 Å². The van der Waals surface area contributed by atoms with Crippen molar-refractivity contribution in [1.29, 1.82) is 0 Å². The van der Waals surface area contributed by atoms with Crippen LogP contribution in [0.25, 0.3) is 0 Å². The molecule has 38 heavy (non-hydrogen) atoms. The van der Waals surface area contributed by atoms with Gasteiger partial charge in [0.15, 0.2) is 0 Å². The van der Waals surface area contributed by atoms with Crippen molar-refractivity contribution in [2.24, 2.45) is 5.92 Å². The number of rotatable bonds is 21. The minimum Gasteiger partial charge on any atom is -0.494 e. The van der Waals surface area contributed by atoms with E-state index in [9.17, 15) is 4.79 Å². The van der Waals surface area contributed by atoms with Crippen molar-refractivity contribution in [3.05, 3.63) is 54.1 Å². The number of hydrogen-bond donors (Lipinski definition) is 0. The van der Waals surface area contributed by atoms with Crippen LogP contribution in [0.15, 0.2) is 48.5 Å². The highest BCUT2D eigenvalue weighted by molar-refractivity contribution is 5.91. The first-order valence-electron chi connectivity index (χ1n) is 15.2. The van der Waals surface area contributed by atoms with Crippen molar-refractivity contribution in [3.63, 3.8) is 0 Å². The third kappa shape index (κ3) is 13.9. The van der Waals surface area contributed by atoms with Crippen LogP contribution in [0.1, 0.15) is 128 Å². The minimum atomic E-state index is -0.377. The largest absolute Gasteiger partial charge is 0.494 e. The Bertz CT molecular complexity index is 859. The van der Waals surface area contributed by atoms with Gasteiger partial charge in [-0.3, -0.25) is 0 Å². The van der Waals surface area contributed by atoms with E-state index in [1.54, 1.807) is 24.3 Å². The first-order valence-corrected chi connectivity index (χ1v) is 15.2. The molecule has 0 unspecified atom stereocenters. The summed E-state index contributed by atoms with van der Waals surface area (Å²) >= 11 is 0. The third-order valence-electron chi connectivity index (χ3n) is 7.23. The monoisotopic (exact) mass is 524 g/mol. The Hall–Kier alpha value is -2.49. The van der Waals surface area contributed by atoms with Crippen LogP contribution in [0.3, 0.4) is 0 Å². The zero-order chi connectivity index (χ0) is 27.4. The lowest BCUT2D eigenvalue weighted by atomic mass is 10.00. The van der Waals surface area contributed by atoms with Gasteiger partial charge >= 0.3 is 5.97 Å². The van der Waals surface area contributed by atoms with E-state index in [0.717, 1.165) is 36.9 Å². The molecule has 0 saturated carbocycles. The molecule has 2 aromatic rings. The molecule has 0 bridgehead atoms. The number of esters is 1. The summed E-state index contributed by atoms with van der Waals surface area (Å²) in [6.07, 6.45) is 17.8. The molecule has 0 aliphatic carbocycles. The molecule has 0 aromatic heterocycles. The van der Waals surface area contributed by atoms with Gasteiger partial charge in [-0.25, -0.2) is 4.79 Å². The Morgan fingerprint density at radius 2 is 1.21 bits per heavy atom. The Labute approximate surface area is 232 Å². The van der Waals surface area contributed by atoms with Gasteiger partial charge in [0, 0.05) is 0 Å². The molecule has 212 valence electrons. The fourth-order valence-electron chi connectivity index (χ4n) is 4.46. The van der Waals surface area contributed by atoms with E-state index < -0.39 is 0 Å². The molecule has 0 saturated heterocycles. The lowest BCUT2D eigenvalue weighted by Gasteiger charge is -2.14. The van der Waals surface area contributed by atoms with Gasteiger partial charge in [0.25, 0.3) is 0 Å². The van der Waals surface area contributed by atoms with Gasteiger partial charge in [-0.1, -0.05) is 91.4 Å². The number of carbonyl (C=O) groups excluding carboxylic acids is 1. The fourth-order valence-corrected chi connectivity index (χ4v) is 4.46. The van der Waals surface area contributed by atoms with Crippen LogP contribution < -0.4 is 14.2 Å². The maximum atomic E-state index is 12.5. The summed E-state index contributed by atoms with van der Waals surface area (Å²) in [4.78, 5) is 12.5. The first kappa shape index (κ1) is 31.7. The lowest BCUT2D eigenvalue weighted by Crippen LogP contribution is -2.12. The van der Waals surface area contributed by atoms with Gasteiger partial charge in [-0.15, -0.1) is 0 Å². The van der Waals surface area contributed by atoms with Gasteiger partial charge in [0.1, 0.15) is 17.2 Å². The SMILES string of the molecule is CCCCCC[C@@H](C)Oc1ccc(C(=O)Oc2ccc(OCCCCCCCCC[C@@H](C)CC)cc2)cc1.